The van der Waals surface area contributed by atoms with Gasteiger partial charge in [0, 0.05) is 17.0 Å². The highest BCUT2D eigenvalue weighted by Crippen LogP contribution is 2.13. The van der Waals surface area contributed by atoms with E-state index in [1.165, 1.54) is 6.92 Å². The van der Waals surface area contributed by atoms with Gasteiger partial charge in [0.1, 0.15) is 12.5 Å². The van der Waals surface area contributed by atoms with Crippen LogP contribution < -0.4 is 5.32 Å². The number of nitrogens with one attached hydrogen (secondary N) is 1. The topological polar surface area (TPSA) is 12.0 Å². The molecule has 0 saturated carbocycles. The van der Waals surface area contributed by atoms with E-state index in [0.29, 0.717) is 12.0 Å². The quantitative estimate of drug-likeness (QED) is 0.505. The fraction of sp³-hybridized carbons (Fsp3) is 0.385. The number of allylic oxidation sites excluding steroid dienone is 5. The van der Waals surface area contributed by atoms with Crippen LogP contribution in [0.5, 0.6) is 0 Å². The molecule has 5 heteroatoms. The van der Waals surface area contributed by atoms with E-state index in [0.717, 1.165) is 12.2 Å². The maximum Gasteiger partial charge on any atom is 0.117 e. The van der Waals surface area contributed by atoms with Crippen LogP contribution >= 0.6 is 0 Å². The molecule has 0 aliphatic heterocycles. The van der Waals surface area contributed by atoms with Crippen molar-refractivity contribution in [2.24, 2.45) is 0 Å². The van der Waals surface area contributed by atoms with Gasteiger partial charge in [-0.25, -0.2) is 13.2 Å². The first-order valence-corrected chi connectivity index (χ1v) is 5.46. The van der Waals surface area contributed by atoms with E-state index < -0.39 is 19.2 Å². The molecule has 0 aliphatic carbocycles. The molecule has 0 atom stereocenters. The maximum absolute atomic E-state index is 12.7. The average molecular weight is 263 g/mol. The predicted molar refractivity (Wildman–Crippen MR) is 65.6 cm³/mol. The Kier molecular flexibility index (Phi) is 8.70. The monoisotopic (exact) mass is 263 g/mol. The van der Waals surface area contributed by atoms with Crippen LogP contribution in [0.3, 0.4) is 0 Å². The van der Waals surface area contributed by atoms with E-state index in [9.17, 15) is 17.6 Å². The summed E-state index contributed by atoms with van der Waals surface area (Å²) in [7, 11) is 0. The van der Waals surface area contributed by atoms with Crippen molar-refractivity contribution >= 4 is 0 Å². The lowest BCUT2D eigenvalue weighted by molar-refractivity contribution is 0.469. The SMILES string of the molecule is C=C(F)/C=C(\CCCF)NC(=C/CF)/C(C)=C/F. The van der Waals surface area contributed by atoms with Crippen molar-refractivity contribution < 1.29 is 17.6 Å². The Morgan fingerprint density at radius 3 is 2.44 bits per heavy atom. The highest BCUT2D eigenvalue weighted by molar-refractivity contribution is 5.31. The van der Waals surface area contributed by atoms with E-state index in [1.807, 2.05) is 0 Å². The maximum atomic E-state index is 12.7. The predicted octanol–water partition coefficient (Wildman–Crippen LogP) is 4.42. The Labute approximate surface area is 105 Å². The summed E-state index contributed by atoms with van der Waals surface area (Å²) in [6.07, 6.45) is 2.92. The van der Waals surface area contributed by atoms with Crippen LogP contribution in [-0.4, -0.2) is 13.3 Å². The highest BCUT2D eigenvalue weighted by atomic mass is 19.1. The summed E-state index contributed by atoms with van der Waals surface area (Å²) in [4.78, 5) is 0. The first-order valence-electron chi connectivity index (χ1n) is 5.46. The zero-order valence-electron chi connectivity index (χ0n) is 10.3. The molecule has 0 saturated heterocycles. The van der Waals surface area contributed by atoms with Gasteiger partial charge in [-0.3, -0.25) is 4.39 Å². The average Bonchev–Trinajstić information content (AvgIpc) is 2.33. The fourth-order valence-electron chi connectivity index (χ4n) is 1.24. The van der Waals surface area contributed by atoms with Crippen LogP contribution in [0.15, 0.2) is 47.9 Å². The molecular formula is C13H17F4N. The Hall–Kier alpha value is -1.52. The van der Waals surface area contributed by atoms with E-state index in [-0.39, 0.29) is 24.1 Å². The third kappa shape index (κ3) is 6.93. The summed E-state index contributed by atoms with van der Waals surface area (Å²) in [5, 5.41) is 2.68. The molecule has 0 spiro atoms. The van der Waals surface area contributed by atoms with Gasteiger partial charge in [0.15, 0.2) is 0 Å². The molecule has 0 aliphatic rings. The number of rotatable bonds is 8. The second-order valence-electron chi connectivity index (χ2n) is 3.60. The molecule has 102 valence electrons. The molecule has 1 N–H and O–H groups in total. The molecule has 0 amide bonds. The summed E-state index contributed by atoms with van der Waals surface area (Å²) in [5.41, 5.74) is 0.677. The van der Waals surface area contributed by atoms with Crippen molar-refractivity contribution in [3.05, 3.63) is 47.9 Å². The molecule has 0 aromatic heterocycles. The summed E-state index contributed by atoms with van der Waals surface area (Å²) < 4.78 is 49.5. The lowest BCUT2D eigenvalue weighted by atomic mass is 10.1. The Bertz CT molecular complexity index is 356. The standard InChI is InChI=1S/C13H17F4N/c1-10(9-16)13(5-7-15)18-12(4-3-6-14)8-11(2)17/h5,8-9,18H,2-4,6-7H2,1H3/b10-9+,12-8+,13-5+. The van der Waals surface area contributed by atoms with Crippen LogP contribution in [0, 0.1) is 0 Å². The zero-order valence-corrected chi connectivity index (χ0v) is 10.3. The zero-order chi connectivity index (χ0) is 14.0. The van der Waals surface area contributed by atoms with E-state index in [2.05, 4.69) is 11.9 Å². The molecule has 0 unspecified atom stereocenters. The van der Waals surface area contributed by atoms with Crippen LogP contribution in [0.25, 0.3) is 0 Å². The number of halogens is 4. The van der Waals surface area contributed by atoms with Gasteiger partial charge in [-0.1, -0.05) is 6.58 Å². The van der Waals surface area contributed by atoms with Crippen LogP contribution in [0.1, 0.15) is 19.8 Å². The minimum Gasteiger partial charge on any atom is -0.359 e. The molecule has 18 heavy (non-hydrogen) atoms. The van der Waals surface area contributed by atoms with Crippen molar-refractivity contribution in [3.8, 4) is 0 Å². The van der Waals surface area contributed by atoms with E-state index >= 15 is 0 Å². The van der Waals surface area contributed by atoms with E-state index in [1.54, 1.807) is 0 Å². The van der Waals surface area contributed by atoms with Gasteiger partial charge in [-0.05, 0) is 31.9 Å². The molecule has 0 aromatic rings. The summed E-state index contributed by atoms with van der Waals surface area (Å²) in [6.45, 7) is 3.15. The smallest absolute Gasteiger partial charge is 0.117 e. The Morgan fingerprint density at radius 2 is 2.00 bits per heavy atom. The summed E-state index contributed by atoms with van der Waals surface area (Å²) >= 11 is 0. The third-order valence-electron chi connectivity index (χ3n) is 2.08. The molecule has 0 bridgehead atoms. The van der Waals surface area contributed by atoms with Gasteiger partial charge < -0.3 is 5.32 Å². The van der Waals surface area contributed by atoms with Crippen molar-refractivity contribution in [2.75, 3.05) is 13.3 Å². The minimum atomic E-state index is -0.791. The van der Waals surface area contributed by atoms with E-state index in [4.69, 9.17) is 0 Å². The van der Waals surface area contributed by atoms with Crippen LogP contribution in [-0.2, 0) is 0 Å². The van der Waals surface area contributed by atoms with Gasteiger partial charge in [-0.15, -0.1) is 0 Å². The molecule has 0 radical (unpaired) electrons. The van der Waals surface area contributed by atoms with Crippen molar-refractivity contribution in [2.45, 2.75) is 19.8 Å². The molecule has 1 nitrogen and oxygen atoms in total. The van der Waals surface area contributed by atoms with Gasteiger partial charge in [-0.2, -0.15) is 0 Å². The highest BCUT2D eigenvalue weighted by Gasteiger charge is 2.05. The van der Waals surface area contributed by atoms with Crippen molar-refractivity contribution in [1.29, 1.82) is 0 Å². The molecule has 0 fully saturated rings. The van der Waals surface area contributed by atoms with Gasteiger partial charge >= 0.3 is 0 Å². The summed E-state index contributed by atoms with van der Waals surface area (Å²) in [6, 6.07) is 0. The third-order valence-corrected chi connectivity index (χ3v) is 2.08. The van der Waals surface area contributed by atoms with Crippen molar-refractivity contribution in [3.63, 3.8) is 0 Å². The van der Waals surface area contributed by atoms with Gasteiger partial charge in [0.25, 0.3) is 0 Å². The van der Waals surface area contributed by atoms with Gasteiger partial charge in [0.05, 0.1) is 13.0 Å². The van der Waals surface area contributed by atoms with Crippen LogP contribution in [0.2, 0.25) is 0 Å². The Balaban J connectivity index is 4.92. The lowest BCUT2D eigenvalue weighted by Gasteiger charge is -2.13. The molecule has 0 aromatic carbocycles. The Morgan fingerprint density at radius 1 is 1.33 bits per heavy atom. The van der Waals surface area contributed by atoms with Crippen LogP contribution in [0.4, 0.5) is 17.6 Å². The lowest BCUT2D eigenvalue weighted by Crippen LogP contribution is -2.14. The molecule has 0 rings (SSSR count). The van der Waals surface area contributed by atoms with Crippen molar-refractivity contribution in [1.82, 2.24) is 5.32 Å². The number of hydrogen-bond acceptors (Lipinski definition) is 1. The van der Waals surface area contributed by atoms with Gasteiger partial charge in [0.2, 0.25) is 0 Å². The normalized spacial score (nSPS) is 13.7. The first-order chi connectivity index (χ1) is 8.54. The fourth-order valence-corrected chi connectivity index (χ4v) is 1.24. The first kappa shape index (κ1) is 16.5. The minimum absolute atomic E-state index is 0.170. The summed E-state index contributed by atoms with van der Waals surface area (Å²) in [5.74, 6) is -0.710. The number of alkyl halides is 2. The molecule has 0 heterocycles. The number of hydrogen-bond donors (Lipinski definition) is 1. The largest absolute Gasteiger partial charge is 0.359 e. The second-order valence-corrected chi connectivity index (χ2v) is 3.60. The second kappa shape index (κ2) is 9.50. The molecular weight excluding hydrogens is 246 g/mol.